The molecule has 2 rings (SSSR count). The van der Waals surface area contributed by atoms with Gasteiger partial charge in [0, 0.05) is 5.56 Å². The van der Waals surface area contributed by atoms with E-state index in [1.165, 1.54) is 13.0 Å². The Hall–Kier alpha value is -2.63. The van der Waals surface area contributed by atoms with Gasteiger partial charge < -0.3 is 4.74 Å². The molecule has 1 amide bonds. The van der Waals surface area contributed by atoms with Gasteiger partial charge in [0.05, 0.1) is 5.56 Å². The molecule has 0 N–H and O–H groups in total. The molecule has 2 aromatic carbocycles. The van der Waals surface area contributed by atoms with Crippen LogP contribution in [-0.4, -0.2) is 12.6 Å². The molecule has 2 aromatic rings. The lowest BCUT2D eigenvalue weighted by atomic mass is 10.0. The molecule has 0 spiro atoms. The van der Waals surface area contributed by atoms with E-state index in [-0.39, 0.29) is 17.1 Å². The van der Waals surface area contributed by atoms with Gasteiger partial charge in [-0.25, -0.2) is 4.99 Å². The molecule has 0 aromatic heterocycles. The largest absolute Gasteiger partial charge is 0.457 e. The molecular formula is C16H12F3NO2. The average Bonchev–Trinajstić information content (AvgIpc) is 2.46. The van der Waals surface area contributed by atoms with E-state index in [0.29, 0.717) is 5.56 Å². The molecule has 22 heavy (non-hydrogen) atoms. The Bertz CT molecular complexity index is 709. The number of nitrogens with zero attached hydrogens (tertiary/aromatic N) is 1. The Labute approximate surface area is 125 Å². The van der Waals surface area contributed by atoms with Crippen LogP contribution in [0.3, 0.4) is 0 Å². The van der Waals surface area contributed by atoms with Crippen molar-refractivity contribution >= 4 is 12.6 Å². The predicted molar refractivity (Wildman–Crippen MR) is 76.6 cm³/mol. The Kier molecular flexibility index (Phi) is 4.30. The number of para-hydroxylation sites is 1. The number of carbonyl (C=O) groups excluding carboxylic acids is 1. The molecule has 0 aliphatic rings. The minimum absolute atomic E-state index is 0.150. The SMILES string of the molecule is C=NC(=O)c1cc(C(F)(F)F)c(Oc2ccccc2)cc1C. The highest BCUT2D eigenvalue weighted by Crippen LogP contribution is 2.39. The first-order valence-corrected chi connectivity index (χ1v) is 6.28. The molecule has 0 unspecified atom stereocenters. The summed E-state index contributed by atoms with van der Waals surface area (Å²) >= 11 is 0. The highest BCUT2D eigenvalue weighted by atomic mass is 19.4. The first-order valence-electron chi connectivity index (χ1n) is 6.28. The summed E-state index contributed by atoms with van der Waals surface area (Å²) in [4.78, 5) is 14.7. The summed E-state index contributed by atoms with van der Waals surface area (Å²) < 4.78 is 44.9. The lowest BCUT2D eigenvalue weighted by Crippen LogP contribution is -2.10. The Morgan fingerprint density at radius 3 is 2.36 bits per heavy atom. The molecule has 0 radical (unpaired) electrons. The third-order valence-corrected chi connectivity index (χ3v) is 2.98. The van der Waals surface area contributed by atoms with Crippen molar-refractivity contribution in [3.63, 3.8) is 0 Å². The Morgan fingerprint density at radius 2 is 1.82 bits per heavy atom. The molecular weight excluding hydrogens is 295 g/mol. The van der Waals surface area contributed by atoms with Gasteiger partial charge in [-0.15, -0.1) is 0 Å². The molecule has 6 heteroatoms. The van der Waals surface area contributed by atoms with E-state index in [2.05, 4.69) is 11.7 Å². The number of hydrogen-bond donors (Lipinski definition) is 0. The highest BCUT2D eigenvalue weighted by molar-refractivity contribution is 5.98. The van der Waals surface area contributed by atoms with Gasteiger partial charge in [0.2, 0.25) is 0 Å². The van der Waals surface area contributed by atoms with Crippen LogP contribution >= 0.6 is 0 Å². The van der Waals surface area contributed by atoms with Crippen molar-refractivity contribution in [2.45, 2.75) is 13.1 Å². The molecule has 0 fully saturated rings. The van der Waals surface area contributed by atoms with E-state index >= 15 is 0 Å². The minimum atomic E-state index is -4.66. The van der Waals surface area contributed by atoms with E-state index < -0.39 is 17.6 Å². The number of aryl methyl sites for hydroxylation is 1. The molecule has 114 valence electrons. The van der Waals surface area contributed by atoms with E-state index in [4.69, 9.17) is 4.74 Å². The van der Waals surface area contributed by atoms with Crippen molar-refractivity contribution in [1.29, 1.82) is 0 Å². The smallest absolute Gasteiger partial charge is 0.420 e. The lowest BCUT2D eigenvalue weighted by Gasteiger charge is -2.16. The van der Waals surface area contributed by atoms with Crippen molar-refractivity contribution in [3.05, 3.63) is 59.2 Å². The molecule has 3 nitrogen and oxygen atoms in total. The zero-order valence-corrected chi connectivity index (χ0v) is 11.6. The van der Waals surface area contributed by atoms with Crippen LogP contribution in [0.5, 0.6) is 11.5 Å². The normalized spacial score (nSPS) is 11.1. The summed E-state index contributed by atoms with van der Waals surface area (Å²) in [7, 11) is 0. The number of amides is 1. The van der Waals surface area contributed by atoms with Gasteiger partial charge in [-0.2, -0.15) is 13.2 Å². The van der Waals surface area contributed by atoms with Crippen LogP contribution in [0.1, 0.15) is 21.5 Å². The Balaban J connectivity index is 2.55. The second-order valence-corrected chi connectivity index (χ2v) is 4.54. The lowest BCUT2D eigenvalue weighted by molar-refractivity contribution is -0.138. The number of carbonyl (C=O) groups is 1. The predicted octanol–water partition coefficient (Wildman–Crippen LogP) is 4.65. The average molecular weight is 307 g/mol. The van der Waals surface area contributed by atoms with Gasteiger partial charge in [-0.05, 0) is 43.5 Å². The first-order chi connectivity index (χ1) is 10.3. The van der Waals surface area contributed by atoms with Crippen molar-refractivity contribution in [3.8, 4) is 11.5 Å². The van der Waals surface area contributed by atoms with Crippen molar-refractivity contribution < 1.29 is 22.7 Å². The van der Waals surface area contributed by atoms with Gasteiger partial charge in [-0.1, -0.05) is 18.2 Å². The van der Waals surface area contributed by atoms with Crippen molar-refractivity contribution in [2.24, 2.45) is 4.99 Å². The second kappa shape index (κ2) is 6.01. The van der Waals surface area contributed by atoms with Crippen LogP contribution in [0.15, 0.2) is 47.5 Å². The maximum Gasteiger partial charge on any atom is 0.420 e. The number of rotatable bonds is 3. The van der Waals surface area contributed by atoms with E-state index in [9.17, 15) is 18.0 Å². The summed E-state index contributed by atoms with van der Waals surface area (Å²) in [5.74, 6) is -0.903. The number of ether oxygens (including phenoxy) is 1. The second-order valence-electron chi connectivity index (χ2n) is 4.54. The number of halogens is 3. The van der Waals surface area contributed by atoms with E-state index in [1.54, 1.807) is 30.3 Å². The molecule has 0 aliphatic carbocycles. The van der Waals surface area contributed by atoms with E-state index in [1.807, 2.05) is 0 Å². The topological polar surface area (TPSA) is 38.7 Å². The molecule has 0 aliphatic heterocycles. The summed E-state index contributed by atoms with van der Waals surface area (Å²) in [6, 6.07) is 10.0. The van der Waals surface area contributed by atoms with Crippen LogP contribution in [0.25, 0.3) is 0 Å². The molecule has 0 bridgehead atoms. The zero-order valence-electron chi connectivity index (χ0n) is 11.6. The van der Waals surface area contributed by atoms with Gasteiger partial charge in [0.25, 0.3) is 5.91 Å². The third-order valence-electron chi connectivity index (χ3n) is 2.98. The number of benzene rings is 2. The van der Waals surface area contributed by atoms with Gasteiger partial charge in [-0.3, -0.25) is 4.79 Å². The van der Waals surface area contributed by atoms with Gasteiger partial charge >= 0.3 is 6.18 Å². The first kappa shape index (κ1) is 15.8. The molecule has 0 saturated carbocycles. The fourth-order valence-corrected chi connectivity index (χ4v) is 1.92. The minimum Gasteiger partial charge on any atom is -0.457 e. The summed E-state index contributed by atoms with van der Waals surface area (Å²) in [6.45, 7) is 4.56. The number of alkyl halides is 3. The molecule has 0 heterocycles. The summed E-state index contributed by atoms with van der Waals surface area (Å²) in [5, 5.41) is 0. The quantitative estimate of drug-likeness (QED) is 0.774. The third kappa shape index (κ3) is 3.33. The monoisotopic (exact) mass is 307 g/mol. The van der Waals surface area contributed by atoms with Crippen LogP contribution < -0.4 is 4.74 Å². The van der Waals surface area contributed by atoms with Crippen LogP contribution in [0.4, 0.5) is 13.2 Å². The number of aliphatic imine (C=N–C) groups is 1. The zero-order chi connectivity index (χ0) is 16.3. The van der Waals surface area contributed by atoms with Crippen molar-refractivity contribution in [1.82, 2.24) is 0 Å². The van der Waals surface area contributed by atoms with Crippen LogP contribution in [-0.2, 0) is 6.18 Å². The maximum absolute atomic E-state index is 13.2. The molecule has 0 saturated heterocycles. The maximum atomic E-state index is 13.2. The highest BCUT2D eigenvalue weighted by Gasteiger charge is 2.36. The Morgan fingerprint density at radius 1 is 1.18 bits per heavy atom. The standard InChI is InChI=1S/C16H12F3NO2/c1-10-8-14(22-11-6-4-3-5-7-11)13(16(17,18)19)9-12(10)15(21)20-2/h3-9H,2H2,1H3. The van der Waals surface area contributed by atoms with Gasteiger partial charge in [0.15, 0.2) is 0 Å². The fraction of sp³-hybridized carbons (Fsp3) is 0.125. The number of hydrogen-bond acceptors (Lipinski definition) is 2. The van der Waals surface area contributed by atoms with E-state index in [0.717, 1.165) is 6.07 Å². The van der Waals surface area contributed by atoms with Crippen LogP contribution in [0.2, 0.25) is 0 Å². The summed E-state index contributed by atoms with van der Waals surface area (Å²) in [6.07, 6.45) is -4.66. The molecule has 0 atom stereocenters. The van der Waals surface area contributed by atoms with Crippen LogP contribution in [0, 0.1) is 6.92 Å². The summed E-state index contributed by atoms with van der Waals surface area (Å²) in [5.41, 5.74) is -0.854. The fourth-order valence-electron chi connectivity index (χ4n) is 1.92. The van der Waals surface area contributed by atoms with Crippen molar-refractivity contribution in [2.75, 3.05) is 0 Å². The van der Waals surface area contributed by atoms with Gasteiger partial charge in [0.1, 0.15) is 11.5 Å².